The lowest BCUT2D eigenvalue weighted by molar-refractivity contribution is -0.384. The second-order valence-electron chi connectivity index (χ2n) is 10.5. The van der Waals surface area contributed by atoms with Crippen molar-refractivity contribution >= 4 is 23.2 Å². The van der Waals surface area contributed by atoms with Gasteiger partial charge in [-0.2, -0.15) is 0 Å². The summed E-state index contributed by atoms with van der Waals surface area (Å²) in [5.41, 5.74) is 0.265. The van der Waals surface area contributed by atoms with Crippen molar-refractivity contribution in [3.63, 3.8) is 0 Å². The van der Waals surface area contributed by atoms with Crippen LogP contribution in [0.15, 0.2) is 24.3 Å². The molecule has 1 saturated heterocycles. The zero-order chi connectivity index (χ0) is 22.5. The van der Waals surface area contributed by atoms with Crippen LogP contribution in [-0.2, 0) is 9.59 Å². The number of rotatable bonds is 5. The Morgan fingerprint density at radius 1 is 1.06 bits per heavy atom. The maximum atomic E-state index is 13.6. The SMILES string of the molecule is CC(C(=O)Nc1cccc([N+](=O)[O-])c1)N1CCN(C(=O)C23CC4CC(CC(C4)C2)C3)CC1. The fourth-order valence-corrected chi connectivity index (χ4v) is 7.13. The van der Waals surface area contributed by atoms with Crippen LogP contribution < -0.4 is 5.32 Å². The third-order valence-electron chi connectivity index (χ3n) is 8.35. The van der Waals surface area contributed by atoms with Crippen LogP contribution >= 0.6 is 0 Å². The van der Waals surface area contributed by atoms with Crippen LogP contribution in [0.4, 0.5) is 11.4 Å². The molecule has 4 saturated carbocycles. The Balaban J connectivity index is 1.17. The molecule has 172 valence electrons. The molecule has 0 spiro atoms. The van der Waals surface area contributed by atoms with Gasteiger partial charge in [-0.15, -0.1) is 0 Å². The predicted octanol–water partition coefficient (Wildman–Crippen LogP) is 3.28. The molecule has 8 heteroatoms. The van der Waals surface area contributed by atoms with Crippen LogP contribution in [0.1, 0.15) is 45.4 Å². The number of non-ortho nitro benzene ring substituents is 1. The van der Waals surface area contributed by atoms with Gasteiger partial charge in [0.05, 0.1) is 16.4 Å². The summed E-state index contributed by atoms with van der Waals surface area (Å²) in [6.07, 6.45) is 7.24. The van der Waals surface area contributed by atoms with Crippen molar-refractivity contribution < 1.29 is 14.5 Å². The second kappa shape index (κ2) is 8.14. The topological polar surface area (TPSA) is 95.8 Å². The Labute approximate surface area is 188 Å². The van der Waals surface area contributed by atoms with Crippen molar-refractivity contribution in [2.45, 2.75) is 51.5 Å². The molecule has 0 aromatic heterocycles. The fourth-order valence-electron chi connectivity index (χ4n) is 7.13. The summed E-state index contributed by atoms with van der Waals surface area (Å²) >= 11 is 0. The average Bonchev–Trinajstić information content (AvgIpc) is 2.77. The number of hydrogen-bond donors (Lipinski definition) is 1. The van der Waals surface area contributed by atoms with E-state index in [0.717, 1.165) is 37.0 Å². The number of anilines is 1. The standard InChI is InChI=1S/C24H32N4O4/c1-16(22(29)25-20-3-2-4-21(12-20)28(31)32)26-5-7-27(8-6-26)23(30)24-13-17-9-18(14-24)11-19(10-17)15-24/h2-4,12,16-19H,5-11,13-15H2,1H3,(H,25,29). The van der Waals surface area contributed by atoms with E-state index in [2.05, 4.69) is 15.1 Å². The van der Waals surface area contributed by atoms with Gasteiger partial charge in [0.2, 0.25) is 11.8 Å². The molecule has 1 aliphatic heterocycles. The molecule has 5 aliphatic rings. The van der Waals surface area contributed by atoms with Crippen LogP contribution in [0.2, 0.25) is 0 Å². The number of benzene rings is 1. The maximum Gasteiger partial charge on any atom is 0.271 e. The molecular weight excluding hydrogens is 408 g/mol. The van der Waals surface area contributed by atoms with Gasteiger partial charge in [0, 0.05) is 44.0 Å². The van der Waals surface area contributed by atoms with Crippen molar-refractivity contribution in [3.05, 3.63) is 34.4 Å². The van der Waals surface area contributed by atoms with Gasteiger partial charge in [0.15, 0.2) is 0 Å². The Kier molecular flexibility index (Phi) is 5.43. The van der Waals surface area contributed by atoms with Crippen molar-refractivity contribution in [3.8, 4) is 0 Å². The lowest BCUT2D eigenvalue weighted by Crippen LogP contribution is -2.59. The van der Waals surface area contributed by atoms with Gasteiger partial charge in [0.1, 0.15) is 0 Å². The van der Waals surface area contributed by atoms with Gasteiger partial charge in [0.25, 0.3) is 5.69 Å². The highest BCUT2D eigenvalue weighted by atomic mass is 16.6. The highest BCUT2D eigenvalue weighted by molar-refractivity contribution is 5.94. The van der Waals surface area contributed by atoms with E-state index in [1.165, 1.54) is 31.4 Å². The third-order valence-corrected chi connectivity index (χ3v) is 8.35. The minimum atomic E-state index is -0.473. The highest BCUT2D eigenvalue weighted by Crippen LogP contribution is 2.60. The number of nitrogens with zero attached hydrogens (tertiary/aromatic N) is 3. The number of carbonyl (C=O) groups is 2. The minimum absolute atomic E-state index is 0.0488. The van der Waals surface area contributed by atoms with Crippen LogP contribution in [0.5, 0.6) is 0 Å². The van der Waals surface area contributed by atoms with Crippen molar-refractivity contribution in [2.24, 2.45) is 23.2 Å². The first-order chi connectivity index (χ1) is 15.3. The van der Waals surface area contributed by atoms with E-state index in [1.54, 1.807) is 12.1 Å². The molecule has 8 nitrogen and oxygen atoms in total. The van der Waals surface area contributed by atoms with Gasteiger partial charge in [-0.3, -0.25) is 24.6 Å². The zero-order valence-corrected chi connectivity index (χ0v) is 18.7. The number of carbonyl (C=O) groups excluding carboxylic acids is 2. The number of nitro groups is 1. The average molecular weight is 441 g/mol. The number of nitrogens with one attached hydrogen (secondary N) is 1. The monoisotopic (exact) mass is 440 g/mol. The first-order valence-electron chi connectivity index (χ1n) is 11.9. The van der Waals surface area contributed by atoms with Gasteiger partial charge >= 0.3 is 0 Å². The van der Waals surface area contributed by atoms with Crippen molar-refractivity contribution in [1.29, 1.82) is 0 Å². The number of piperazine rings is 1. The lowest BCUT2D eigenvalue weighted by atomic mass is 9.49. The largest absolute Gasteiger partial charge is 0.340 e. The predicted molar refractivity (Wildman–Crippen MR) is 120 cm³/mol. The summed E-state index contributed by atoms with van der Waals surface area (Å²) in [6.45, 7) is 4.51. The zero-order valence-electron chi connectivity index (χ0n) is 18.7. The summed E-state index contributed by atoms with van der Waals surface area (Å²) in [6, 6.07) is 5.62. The molecule has 5 fully saturated rings. The highest BCUT2D eigenvalue weighted by Gasteiger charge is 2.55. The van der Waals surface area contributed by atoms with E-state index in [-0.39, 0.29) is 23.1 Å². The number of nitro benzene ring substituents is 1. The van der Waals surface area contributed by atoms with E-state index in [1.807, 2.05) is 6.92 Å². The molecule has 0 radical (unpaired) electrons. The normalized spacial score (nSPS) is 32.5. The summed E-state index contributed by atoms with van der Waals surface area (Å²) in [7, 11) is 0. The molecule has 2 amide bonds. The van der Waals surface area contributed by atoms with E-state index in [9.17, 15) is 19.7 Å². The molecule has 1 aromatic carbocycles. The van der Waals surface area contributed by atoms with Crippen LogP contribution in [0.3, 0.4) is 0 Å². The molecule has 1 aromatic rings. The lowest BCUT2D eigenvalue weighted by Gasteiger charge is -2.57. The fraction of sp³-hybridized carbons (Fsp3) is 0.667. The second-order valence-corrected chi connectivity index (χ2v) is 10.5. The van der Waals surface area contributed by atoms with Crippen LogP contribution in [0.25, 0.3) is 0 Å². The summed E-state index contributed by atoms with van der Waals surface area (Å²) < 4.78 is 0. The molecule has 32 heavy (non-hydrogen) atoms. The molecule has 1 unspecified atom stereocenters. The molecule has 4 bridgehead atoms. The molecule has 6 rings (SSSR count). The minimum Gasteiger partial charge on any atom is -0.340 e. The Morgan fingerprint density at radius 3 is 2.22 bits per heavy atom. The summed E-state index contributed by atoms with van der Waals surface area (Å²) in [5.74, 6) is 2.44. The van der Waals surface area contributed by atoms with Crippen molar-refractivity contribution in [2.75, 3.05) is 31.5 Å². The van der Waals surface area contributed by atoms with Crippen LogP contribution in [0, 0.1) is 33.3 Å². The molecule has 1 heterocycles. The Morgan fingerprint density at radius 2 is 1.66 bits per heavy atom. The van der Waals surface area contributed by atoms with E-state index < -0.39 is 4.92 Å². The summed E-state index contributed by atoms with van der Waals surface area (Å²) in [4.78, 5) is 40.9. The smallest absolute Gasteiger partial charge is 0.271 e. The molecular formula is C24H32N4O4. The quantitative estimate of drug-likeness (QED) is 0.560. The first-order valence-corrected chi connectivity index (χ1v) is 11.9. The Hall–Kier alpha value is -2.48. The van der Waals surface area contributed by atoms with Gasteiger partial charge in [-0.1, -0.05) is 6.07 Å². The number of amides is 2. The van der Waals surface area contributed by atoms with E-state index in [0.29, 0.717) is 37.8 Å². The van der Waals surface area contributed by atoms with Gasteiger partial charge < -0.3 is 10.2 Å². The first kappa shape index (κ1) is 21.4. The third kappa shape index (κ3) is 3.89. The van der Waals surface area contributed by atoms with Gasteiger partial charge in [-0.05, 0) is 69.3 Å². The van der Waals surface area contributed by atoms with E-state index in [4.69, 9.17) is 0 Å². The molecule has 4 aliphatic carbocycles. The molecule has 1 N–H and O–H groups in total. The number of hydrogen-bond acceptors (Lipinski definition) is 5. The maximum absolute atomic E-state index is 13.6. The molecule has 1 atom stereocenters. The van der Waals surface area contributed by atoms with Gasteiger partial charge in [-0.25, -0.2) is 0 Å². The summed E-state index contributed by atoms with van der Waals surface area (Å²) in [5, 5.41) is 13.8. The van der Waals surface area contributed by atoms with E-state index >= 15 is 0 Å². The Bertz CT molecular complexity index is 889. The van der Waals surface area contributed by atoms with Crippen LogP contribution in [-0.4, -0.2) is 58.8 Å². The van der Waals surface area contributed by atoms with Crippen molar-refractivity contribution in [1.82, 2.24) is 9.80 Å².